The molecule has 2 aromatic carbocycles. The Bertz CT molecular complexity index is 1130. The van der Waals surface area contributed by atoms with E-state index in [4.69, 9.17) is 0 Å². The van der Waals surface area contributed by atoms with Crippen LogP contribution < -0.4 is 10.5 Å². The van der Waals surface area contributed by atoms with E-state index in [-0.39, 0.29) is 17.8 Å². The minimum atomic E-state index is -3.10. The molecule has 31 heavy (non-hydrogen) atoms. The molecule has 0 aliphatic carbocycles. The number of anilines is 1. The number of alkyl halides is 2. The van der Waals surface area contributed by atoms with E-state index in [1.165, 1.54) is 5.56 Å². The van der Waals surface area contributed by atoms with E-state index in [9.17, 15) is 4.79 Å². The van der Waals surface area contributed by atoms with Crippen LogP contribution in [0.1, 0.15) is 22.4 Å². The second kappa shape index (κ2) is 7.89. The predicted octanol–water partition coefficient (Wildman–Crippen LogP) is 3.41. The largest absolute Gasteiger partial charge is 0.340 e. The first-order valence-electron chi connectivity index (χ1n) is 10.6. The van der Waals surface area contributed by atoms with Gasteiger partial charge in [0.25, 0.3) is 5.56 Å². The van der Waals surface area contributed by atoms with E-state index in [0.717, 1.165) is 12.0 Å². The lowest BCUT2D eigenvalue weighted by atomic mass is 10.0. The highest BCUT2D eigenvalue weighted by Gasteiger charge is 2.46. The third-order valence-electron chi connectivity index (χ3n) is 6.05. The van der Waals surface area contributed by atoms with Gasteiger partial charge in [0.15, 0.2) is 0 Å². The molecule has 2 aliphatic rings. The van der Waals surface area contributed by atoms with Crippen LogP contribution in [0.3, 0.4) is 0 Å². The number of rotatable bonds is 5. The molecule has 5 rings (SSSR count). The van der Waals surface area contributed by atoms with Gasteiger partial charge in [-0.1, -0.05) is 60.7 Å². The van der Waals surface area contributed by atoms with Gasteiger partial charge in [0.1, 0.15) is 5.69 Å². The highest BCUT2D eigenvalue weighted by Crippen LogP contribution is 2.38. The molecule has 0 radical (unpaired) electrons. The summed E-state index contributed by atoms with van der Waals surface area (Å²) < 4.78 is 32.2. The number of hydrogen-bond donors (Lipinski definition) is 0. The van der Waals surface area contributed by atoms with E-state index in [1.807, 2.05) is 65.6 Å². The van der Waals surface area contributed by atoms with E-state index >= 15 is 8.78 Å². The molecule has 7 heteroatoms. The topological polar surface area (TPSA) is 41.4 Å². The quantitative estimate of drug-likeness (QED) is 0.632. The van der Waals surface area contributed by atoms with Gasteiger partial charge in [-0.25, -0.2) is 0 Å². The summed E-state index contributed by atoms with van der Waals surface area (Å²) in [5.74, 6) is -2.73. The first kappa shape index (κ1) is 19.9. The second-order valence-corrected chi connectivity index (χ2v) is 8.25. The Morgan fingerprint density at radius 2 is 1.61 bits per heavy atom. The lowest BCUT2D eigenvalue weighted by Crippen LogP contribution is -2.45. The van der Waals surface area contributed by atoms with Crippen molar-refractivity contribution in [3.8, 4) is 0 Å². The van der Waals surface area contributed by atoms with Gasteiger partial charge in [0.05, 0.1) is 12.1 Å². The Labute approximate surface area is 179 Å². The molecular weight excluding hydrogens is 398 g/mol. The summed E-state index contributed by atoms with van der Waals surface area (Å²) in [6.07, 6.45) is 0.773. The Morgan fingerprint density at radius 3 is 2.32 bits per heavy atom. The van der Waals surface area contributed by atoms with Crippen molar-refractivity contribution in [2.24, 2.45) is 0 Å². The number of halogens is 2. The van der Waals surface area contributed by atoms with Crippen LogP contribution in [0.15, 0.2) is 65.5 Å². The first-order chi connectivity index (χ1) is 15.0. The minimum Gasteiger partial charge on any atom is -0.340 e. The molecule has 0 spiro atoms. The average Bonchev–Trinajstić information content (AvgIpc) is 3.15. The molecule has 0 N–H and O–H groups in total. The van der Waals surface area contributed by atoms with Crippen LogP contribution in [0.2, 0.25) is 0 Å². The fourth-order valence-electron chi connectivity index (χ4n) is 4.63. The molecule has 0 fully saturated rings. The highest BCUT2D eigenvalue weighted by molar-refractivity contribution is 5.42. The molecule has 160 valence electrons. The summed E-state index contributed by atoms with van der Waals surface area (Å²) in [5, 5.41) is 0. The molecule has 0 amide bonds. The van der Waals surface area contributed by atoms with Crippen molar-refractivity contribution in [2.45, 2.75) is 32.0 Å². The van der Waals surface area contributed by atoms with Crippen molar-refractivity contribution < 1.29 is 8.78 Å². The Kier molecular flexibility index (Phi) is 5.06. The van der Waals surface area contributed by atoms with E-state index < -0.39 is 18.0 Å². The van der Waals surface area contributed by atoms with Crippen molar-refractivity contribution in [3.63, 3.8) is 0 Å². The molecule has 0 unspecified atom stereocenters. The van der Waals surface area contributed by atoms with Gasteiger partial charge in [-0.15, -0.1) is 0 Å². The average molecular weight is 422 g/mol. The smallest absolute Gasteiger partial charge is 0.300 e. The van der Waals surface area contributed by atoms with Crippen LogP contribution in [0.25, 0.3) is 0 Å². The molecule has 0 bridgehead atoms. The van der Waals surface area contributed by atoms with Crippen molar-refractivity contribution in [1.29, 1.82) is 0 Å². The molecule has 0 saturated carbocycles. The zero-order chi connectivity index (χ0) is 21.4. The molecule has 1 aromatic heterocycles. The summed E-state index contributed by atoms with van der Waals surface area (Å²) in [6, 6.07) is 19.5. The number of benzene rings is 2. The van der Waals surface area contributed by atoms with Gasteiger partial charge in [-0.05, 0) is 17.5 Å². The molecule has 3 aromatic rings. The van der Waals surface area contributed by atoms with Crippen molar-refractivity contribution >= 4 is 5.95 Å². The summed E-state index contributed by atoms with van der Waals surface area (Å²) in [4.78, 5) is 20.6. The van der Waals surface area contributed by atoms with Crippen LogP contribution in [0, 0.1) is 0 Å². The molecule has 0 atom stereocenters. The Morgan fingerprint density at radius 1 is 0.935 bits per heavy atom. The number of aromatic nitrogens is 2. The molecular formula is C24H24F2N4O. The maximum atomic E-state index is 15.3. The van der Waals surface area contributed by atoms with Gasteiger partial charge in [-0.3, -0.25) is 9.69 Å². The van der Waals surface area contributed by atoms with Crippen molar-refractivity contribution in [2.75, 3.05) is 24.5 Å². The van der Waals surface area contributed by atoms with Crippen LogP contribution in [-0.4, -0.2) is 34.1 Å². The van der Waals surface area contributed by atoms with E-state index in [0.29, 0.717) is 32.1 Å². The van der Waals surface area contributed by atoms with E-state index in [1.54, 1.807) is 9.47 Å². The van der Waals surface area contributed by atoms with Gasteiger partial charge >= 0.3 is 5.92 Å². The first-order valence-corrected chi connectivity index (χ1v) is 10.6. The number of hydrogen-bond acceptors (Lipinski definition) is 4. The molecule has 3 heterocycles. The second-order valence-electron chi connectivity index (χ2n) is 8.25. The third-order valence-corrected chi connectivity index (χ3v) is 6.05. The molecule has 5 nitrogen and oxygen atoms in total. The van der Waals surface area contributed by atoms with Crippen LogP contribution in [-0.2, 0) is 32.0 Å². The maximum Gasteiger partial charge on any atom is 0.300 e. The van der Waals surface area contributed by atoms with Gasteiger partial charge in [0.2, 0.25) is 5.95 Å². The summed E-state index contributed by atoms with van der Waals surface area (Å²) in [6.45, 7) is 1.81. The predicted molar refractivity (Wildman–Crippen MR) is 115 cm³/mol. The van der Waals surface area contributed by atoms with Crippen molar-refractivity contribution in [3.05, 3.63) is 93.4 Å². The Hall–Kier alpha value is -3.06. The fourth-order valence-corrected chi connectivity index (χ4v) is 4.63. The fraction of sp³-hybridized carbons (Fsp3) is 0.333. The zero-order valence-electron chi connectivity index (χ0n) is 17.2. The SMILES string of the molecule is O=c1nc2n(c3c1CN(Cc1ccccc1)CC3(F)F)CCN2CCc1ccccc1. The maximum absolute atomic E-state index is 15.3. The van der Waals surface area contributed by atoms with Crippen LogP contribution in [0.5, 0.6) is 0 Å². The zero-order valence-corrected chi connectivity index (χ0v) is 17.2. The molecule has 0 saturated heterocycles. The van der Waals surface area contributed by atoms with Crippen molar-refractivity contribution in [1.82, 2.24) is 14.5 Å². The summed E-state index contributed by atoms with van der Waals surface area (Å²) in [5.41, 5.74) is 1.56. The standard InChI is InChI=1S/C24H24F2N4O/c25-24(26)17-28(15-19-9-5-2-6-10-19)16-20-21(24)30-14-13-29(23(30)27-22(20)31)12-11-18-7-3-1-4-8-18/h1-10H,11-17H2. The van der Waals surface area contributed by atoms with Gasteiger partial charge in [0, 0.05) is 32.7 Å². The lowest BCUT2D eigenvalue weighted by molar-refractivity contribution is -0.0621. The normalized spacial score (nSPS) is 17.4. The summed E-state index contributed by atoms with van der Waals surface area (Å²) in [7, 11) is 0. The van der Waals surface area contributed by atoms with Crippen LogP contribution in [0.4, 0.5) is 14.7 Å². The van der Waals surface area contributed by atoms with Crippen LogP contribution >= 0.6 is 0 Å². The Balaban J connectivity index is 1.42. The molecule has 2 aliphatic heterocycles. The number of nitrogens with zero attached hydrogens (tertiary/aromatic N) is 4. The minimum absolute atomic E-state index is 0.126. The van der Waals surface area contributed by atoms with E-state index in [2.05, 4.69) is 4.98 Å². The number of fused-ring (bicyclic) bond motifs is 3. The summed E-state index contributed by atoms with van der Waals surface area (Å²) >= 11 is 0. The highest BCUT2D eigenvalue weighted by atomic mass is 19.3. The monoisotopic (exact) mass is 422 g/mol. The van der Waals surface area contributed by atoms with Gasteiger partial charge in [-0.2, -0.15) is 13.8 Å². The van der Waals surface area contributed by atoms with Gasteiger partial charge < -0.3 is 9.47 Å². The third kappa shape index (κ3) is 3.85. The lowest BCUT2D eigenvalue weighted by Gasteiger charge is -2.35.